The van der Waals surface area contributed by atoms with E-state index in [9.17, 15) is 4.79 Å². The standard InChI is InChI=1S/C6H12ClN3.C5H10O/c1-4(6(7)9)3-5(8)10-2;1-5(2,3)4-6/h3,10H,8-9H2,1-2H3;4H,1-3H3/b5-3+,6-4-;. The summed E-state index contributed by atoms with van der Waals surface area (Å²) in [5.41, 5.74) is 11.3. The van der Waals surface area contributed by atoms with Gasteiger partial charge in [0.25, 0.3) is 0 Å². The van der Waals surface area contributed by atoms with E-state index in [1.165, 1.54) is 0 Å². The van der Waals surface area contributed by atoms with Crippen LogP contribution in [0.4, 0.5) is 0 Å². The lowest BCUT2D eigenvalue weighted by Gasteiger charge is -2.03. The van der Waals surface area contributed by atoms with Crippen molar-refractivity contribution in [2.45, 2.75) is 27.7 Å². The summed E-state index contributed by atoms with van der Waals surface area (Å²) in [6.45, 7) is 7.41. The molecular formula is C11H22ClN3O. The predicted molar refractivity (Wildman–Crippen MR) is 69.6 cm³/mol. The van der Waals surface area contributed by atoms with E-state index in [4.69, 9.17) is 23.1 Å². The van der Waals surface area contributed by atoms with Crippen LogP contribution in [0.2, 0.25) is 0 Å². The van der Waals surface area contributed by atoms with Gasteiger partial charge in [0.05, 0.1) is 5.82 Å². The number of allylic oxidation sites excluding steroid dienone is 2. The lowest BCUT2D eigenvalue weighted by molar-refractivity contribution is -0.113. The van der Waals surface area contributed by atoms with Crippen LogP contribution in [0.25, 0.3) is 0 Å². The van der Waals surface area contributed by atoms with Crippen molar-refractivity contribution >= 4 is 17.9 Å². The van der Waals surface area contributed by atoms with Crippen LogP contribution in [0.5, 0.6) is 0 Å². The van der Waals surface area contributed by atoms with E-state index >= 15 is 0 Å². The molecule has 0 aromatic heterocycles. The topological polar surface area (TPSA) is 81.1 Å². The lowest BCUT2D eigenvalue weighted by atomic mass is 10.0. The molecule has 0 bridgehead atoms. The summed E-state index contributed by atoms with van der Waals surface area (Å²) in [5, 5.41) is 3.00. The Kier molecular flexibility index (Phi) is 8.67. The summed E-state index contributed by atoms with van der Waals surface area (Å²) >= 11 is 5.46. The van der Waals surface area contributed by atoms with Gasteiger partial charge in [0, 0.05) is 12.5 Å². The highest BCUT2D eigenvalue weighted by molar-refractivity contribution is 6.29. The molecule has 0 heterocycles. The van der Waals surface area contributed by atoms with E-state index in [2.05, 4.69) is 5.32 Å². The minimum atomic E-state index is -0.139. The number of carbonyl (C=O) groups excluding carboxylic acids is 1. The molecule has 0 saturated heterocycles. The number of nitrogens with two attached hydrogens (primary N) is 2. The minimum absolute atomic E-state index is 0.139. The van der Waals surface area contributed by atoms with Gasteiger partial charge in [-0.25, -0.2) is 0 Å². The third-order valence-electron chi connectivity index (χ3n) is 1.39. The molecule has 5 heteroatoms. The SMILES string of the molecule is CC(C)(C)C=O.CN/C(N)=C/C(C)=C(\N)Cl. The fourth-order valence-corrected chi connectivity index (χ4v) is 0.429. The average molecular weight is 248 g/mol. The van der Waals surface area contributed by atoms with E-state index in [0.29, 0.717) is 5.82 Å². The van der Waals surface area contributed by atoms with Gasteiger partial charge in [-0.15, -0.1) is 0 Å². The Morgan fingerprint density at radius 2 is 1.69 bits per heavy atom. The summed E-state index contributed by atoms with van der Waals surface area (Å²) < 4.78 is 0. The molecule has 94 valence electrons. The molecule has 0 aromatic carbocycles. The van der Waals surface area contributed by atoms with Gasteiger partial charge in [-0.1, -0.05) is 32.4 Å². The van der Waals surface area contributed by atoms with Crippen LogP contribution in [0.1, 0.15) is 27.7 Å². The molecular weight excluding hydrogens is 226 g/mol. The number of rotatable bonds is 2. The van der Waals surface area contributed by atoms with Crippen LogP contribution < -0.4 is 16.8 Å². The fourth-order valence-electron chi connectivity index (χ4n) is 0.374. The van der Waals surface area contributed by atoms with E-state index in [1.807, 2.05) is 20.8 Å². The first kappa shape index (κ1) is 17.2. The van der Waals surface area contributed by atoms with Gasteiger partial charge >= 0.3 is 0 Å². The quantitative estimate of drug-likeness (QED) is 0.394. The van der Waals surface area contributed by atoms with Crippen molar-refractivity contribution in [3.8, 4) is 0 Å². The normalized spacial score (nSPS) is 13.2. The molecule has 0 spiro atoms. The van der Waals surface area contributed by atoms with Crippen molar-refractivity contribution in [2.75, 3.05) is 7.05 Å². The molecule has 0 aromatic rings. The summed E-state index contributed by atoms with van der Waals surface area (Å²) in [7, 11) is 1.73. The maximum atomic E-state index is 9.83. The van der Waals surface area contributed by atoms with Crippen LogP contribution in [-0.2, 0) is 4.79 Å². The Labute approximate surface area is 103 Å². The molecule has 0 fully saturated rings. The monoisotopic (exact) mass is 247 g/mol. The first-order valence-corrected chi connectivity index (χ1v) is 5.25. The van der Waals surface area contributed by atoms with E-state index in [0.717, 1.165) is 11.9 Å². The van der Waals surface area contributed by atoms with Crippen molar-refractivity contribution < 1.29 is 4.79 Å². The van der Waals surface area contributed by atoms with E-state index < -0.39 is 0 Å². The van der Waals surface area contributed by atoms with Gasteiger partial charge in [-0.3, -0.25) is 0 Å². The van der Waals surface area contributed by atoms with Gasteiger partial charge in [0.2, 0.25) is 0 Å². The van der Waals surface area contributed by atoms with Crippen LogP contribution >= 0.6 is 11.6 Å². The smallest absolute Gasteiger partial charge is 0.125 e. The molecule has 0 unspecified atom stereocenters. The molecule has 5 N–H and O–H groups in total. The molecule has 0 atom stereocenters. The molecule has 0 aliphatic rings. The highest BCUT2D eigenvalue weighted by Gasteiger charge is 2.04. The molecule has 0 rings (SSSR count). The second-order valence-electron chi connectivity index (χ2n) is 4.36. The predicted octanol–water partition coefficient (Wildman–Crippen LogP) is 1.67. The molecule has 0 amide bonds. The van der Waals surface area contributed by atoms with Crippen LogP contribution in [0.3, 0.4) is 0 Å². The summed E-state index contributed by atoms with van der Waals surface area (Å²) in [6.07, 6.45) is 2.61. The molecule has 0 saturated carbocycles. The Hall–Kier alpha value is -1.16. The lowest BCUT2D eigenvalue weighted by Crippen LogP contribution is -2.14. The number of aldehydes is 1. The highest BCUT2D eigenvalue weighted by Crippen LogP contribution is 2.05. The van der Waals surface area contributed by atoms with Gasteiger partial charge in [-0.2, -0.15) is 0 Å². The number of hydrogen-bond donors (Lipinski definition) is 3. The van der Waals surface area contributed by atoms with Gasteiger partial charge in [-0.05, 0) is 18.6 Å². The fraction of sp³-hybridized carbons (Fsp3) is 0.545. The van der Waals surface area contributed by atoms with E-state index in [-0.39, 0.29) is 10.6 Å². The van der Waals surface area contributed by atoms with Crippen molar-refractivity contribution in [2.24, 2.45) is 16.9 Å². The molecule has 0 radical (unpaired) electrons. The number of nitrogens with one attached hydrogen (secondary N) is 1. The summed E-state index contributed by atoms with van der Waals surface area (Å²) in [6, 6.07) is 0. The minimum Gasteiger partial charge on any atom is -0.389 e. The summed E-state index contributed by atoms with van der Waals surface area (Å²) in [4.78, 5) is 9.83. The number of halogens is 1. The number of hydrogen-bond acceptors (Lipinski definition) is 4. The Bertz CT molecular complexity index is 273. The van der Waals surface area contributed by atoms with Crippen molar-refractivity contribution in [3.63, 3.8) is 0 Å². The molecule has 0 aliphatic carbocycles. The van der Waals surface area contributed by atoms with Crippen LogP contribution in [-0.4, -0.2) is 13.3 Å². The Balaban J connectivity index is 0. The highest BCUT2D eigenvalue weighted by atomic mass is 35.5. The zero-order chi connectivity index (χ0) is 13.4. The first-order valence-electron chi connectivity index (χ1n) is 4.87. The third kappa shape index (κ3) is 12.8. The van der Waals surface area contributed by atoms with Crippen molar-refractivity contribution in [3.05, 3.63) is 22.6 Å². The van der Waals surface area contributed by atoms with Gasteiger partial charge in [0.1, 0.15) is 11.4 Å². The zero-order valence-corrected chi connectivity index (χ0v) is 11.4. The summed E-state index contributed by atoms with van der Waals surface area (Å²) in [5.74, 6) is 0.543. The van der Waals surface area contributed by atoms with Crippen molar-refractivity contribution in [1.82, 2.24) is 5.32 Å². The Morgan fingerprint density at radius 3 is 1.88 bits per heavy atom. The van der Waals surface area contributed by atoms with Crippen LogP contribution in [0, 0.1) is 5.41 Å². The second-order valence-corrected chi connectivity index (χ2v) is 4.77. The van der Waals surface area contributed by atoms with E-state index in [1.54, 1.807) is 20.0 Å². The maximum Gasteiger partial charge on any atom is 0.125 e. The zero-order valence-electron chi connectivity index (χ0n) is 10.6. The average Bonchev–Trinajstić information content (AvgIpc) is 2.17. The van der Waals surface area contributed by atoms with Crippen molar-refractivity contribution in [1.29, 1.82) is 0 Å². The van der Waals surface area contributed by atoms with Crippen LogP contribution in [0.15, 0.2) is 22.6 Å². The second kappa shape index (κ2) is 8.05. The maximum absolute atomic E-state index is 9.83. The molecule has 16 heavy (non-hydrogen) atoms. The van der Waals surface area contributed by atoms with Gasteiger partial charge < -0.3 is 21.6 Å². The first-order chi connectivity index (χ1) is 7.14. The Morgan fingerprint density at radius 1 is 1.31 bits per heavy atom. The third-order valence-corrected chi connectivity index (χ3v) is 1.69. The molecule has 0 aliphatic heterocycles. The number of carbonyl (C=O) groups is 1. The largest absolute Gasteiger partial charge is 0.389 e. The molecule has 4 nitrogen and oxygen atoms in total. The van der Waals surface area contributed by atoms with Gasteiger partial charge in [0.15, 0.2) is 0 Å².